The Kier molecular flexibility index (Phi) is 6.49. The van der Waals surface area contributed by atoms with Crippen molar-refractivity contribution in [2.24, 2.45) is 0 Å². The summed E-state index contributed by atoms with van der Waals surface area (Å²) in [5.74, 6) is 0.925. The van der Waals surface area contributed by atoms with Crippen molar-refractivity contribution in [1.29, 1.82) is 0 Å². The first-order chi connectivity index (χ1) is 12.8. The molecule has 0 heterocycles. The van der Waals surface area contributed by atoms with E-state index in [0.29, 0.717) is 6.61 Å². The summed E-state index contributed by atoms with van der Waals surface area (Å²) in [6, 6.07) is 26.0. The molecule has 0 fully saturated rings. The fraction of sp³-hybridized carbons (Fsp3) is 0.280. The lowest BCUT2D eigenvalue weighted by Gasteiger charge is -2.15. The van der Waals surface area contributed by atoms with Gasteiger partial charge < -0.3 is 4.74 Å². The molecule has 0 spiro atoms. The molecule has 0 bridgehead atoms. The van der Waals surface area contributed by atoms with Crippen molar-refractivity contribution in [2.75, 3.05) is 6.61 Å². The van der Waals surface area contributed by atoms with E-state index in [-0.39, 0.29) is 0 Å². The van der Waals surface area contributed by atoms with E-state index in [0.717, 1.165) is 12.2 Å². The maximum absolute atomic E-state index is 5.59. The summed E-state index contributed by atoms with van der Waals surface area (Å²) in [5.41, 5.74) is 6.61. The number of hydrogen-bond acceptors (Lipinski definition) is 1. The van der Waals surface area contributed by atoms with E-state index in [9.17, 15) is 0 Å². The van der Waals surface area contributed by atoms with Gasteiger partial charge in [-0.2, -0.15) is 0 Å². The first kappa shape index (κ1) is 18.3. The van der Waals surface area contributed by atoms with Gasteiger partial charge in [0.15, 0.2) is 0 Å². The molecule has 0 aliphatic heterocycles. The molecule has 3 aromatic rings. The van der Waals surface area contributed by atoms with Crippen molar-refractivity contribution < 1.29 is 4.74 Å². The monoisotopic (exact) mass is 344 g/mol. The summed E-state index contributed by atoms with van der Waals surface area (Å²) in [7, 11) is 0. The van der Waals surface area contributed by atoms with Crippen LogP contribution in [-0.4, -0.2) is 6.61 Å². The molecule has 3 rings (SSSR count). The van der Waals surface area contributed by atoms with Crippen LogP contribution in [0.3, 0.4) is 0 Å². The lowest BCUT2D eigenvalue weighted by atomic mass is 9.90. The Morgan fingerprint density at radius 3 is 2.00 bits per heavy atom. The van der Waals surface area contributed by atoms with Crippen LogP contribution in [0.5, 0.6) is 5.75 Å². The molecule has 0 N–H and O–H groups in total. The van der Waals surface area contributed by atoms with Crippen LogP contribution in [0.15, 0.2) is 72.8 Å². The highest BCUT2D eigenvalue weighted by atomic mass is 16.5. The van der Waals surface area contributed by atoms with E-state index in [2.05, 4.69) is 79.7 Å². The Bertz CT molecular complexity index is 818. The SMILES string of the molecule is CCCCCc1ccccc1-c1ccccc1-c1ccc(OCC)cc1. The van der Waals surface area contributed by atoms with Crippen LogP contribution in [0.1, 0.15) is 38.7 Å². The summed E-state index contributed by atoms with van der Waals surface area (Å²) in [6.07, 6.45) is 4.93. The van der Waals surface area contributed by atoms with Crippen LogP contribution in [0.4, 0.5) is 0 Å². The van der Waals surface area contributed by atoms with Gasteiger partial charge in [0.2, 0.25) is 0 Å². The molecule has 0 unspecified atom stereocenters. The van der Waals surface area contributed by atoms with Crippen molar-refractivity contribution in [3.05, 3.63) is 78.4 Å². The minimum Gasteiger partial charge on any atom is -0.494 e. The van der Waals surface area contributed by atoms with E-state index < -0.39 is 0 Å². The minimum atomic E-state index is 0.696. The molecule has 26 heavy (non-hydrogen) atoms. The number of rotatable bonds is 8. The predicted molar refractivity (Wildman–Crippen MR) is 112 cm³/mol. The molecule has 1 nitrogen and oxygen atoms in total. The van der Waals surface area contributed by atoms with Crippen LogP contribution in [0.2, 0.25) is 0 Å². The Balaban J connectivity index is 1.97. The molecule has 0 amide bonds. The second kappa shape index (κ2) is 9.24. The fourth-order valence-corrected chi connectivity index (χ4v) is 3.43. The highest BCUT2D eigenvalue weighted by Crippen LogP contribution is 2.35. The zero-order valence-electron chi connectivity index (χ0n) is 15.9. The third-order valence-electron chi connectivity index (χ3n) is 4.76. The number of benzene rings is 3. The molecule has 0 radical (unpaired) electrons. The Morgan fingerprint density at radius 2 is 1.31 bits per heavy atom. The predicted octanol–water partition coefficient (Wildman–Crippen LogP) is 7.15. The lowest BCUT2D eigenvalue weighted by molar-refractivity contribution is 0.340. The van der Waals surface area contributed by atoms with Crippen LogP contribution in [-0.2, 0) is 6.42 Å². The Hall–Kier alpha value is -2.54. The molecule has 0 atom stereocenters. The van der Waals surface area contributed by atoms with Crippen molar-refractivity contribution >= 4 is 0 Å². The maximum Gasteiger partial charge on any atom is 0.119 e. The molecular weight excluding hydrogens is 316 g/mol. The van der Waals surface area contributed by atoms with Gasteiger partial charge in [-0.15, -0.1) is 0 Å². The first-order valence-electron chi connectivity index (χ1n) is 9.74. The highest BCUT2D eigenvalue weighted by Gasteiger charge is 2.10. The third kappa shape index (κ3) is 4.35. The summed E-state index contributed by atoms with van der Waals surface area (Å²) in [6.45, 7) is 4.97. The van der Waals surface area contributed by atoms with Gasteiger partial charge in [-0.3, -0.25) is 0 Å². The zero-order valence-corrected chi connectivity index (χ0v) is 15.9. The van der Waals surface area contributed by atoms with Gasteiger partial charge in [-0.25, -0.2) is 0 Å². The van der Waals surface area contributed by atoms with Gasteiger partial charge in [0.05, 0.1) is 6.61 Å². The van der Waals surface area contributed by atoms with Gasteiger partial charge in [-0.05, 0) is 59.7 Å². The number of hydrogen-bond donors (Lipinski definition) is 0. The van der Waals surface area contributed by atoms with Crippen molar-refractivity contribution in [2.45, 2.75) is 39.5 Å². The third-order valence-corrected chi connectivity index (χ3v) is 4.76. The van der Waals surface area contributed by atoms with Crippen LogP contribution < -0.4 is 4.74 Å². The molecule has 0 aliphatic rings. The van der Waals surface area contributed by atoms with Crippen molar-refractivity contribution in [1.82, 2.24) is 0 Å². The van der Waals surface area contributed by atoms with E-state index in [1.807, 2.05) is 6.92 Å². The number of ether oxygens (including phenoxy) is 1. The maximum atomic E-state index is 5.59. The molecular formula is C25H28O. The second-order valence-electron chi connectivity index (χ2n) is 6.62. The number of unbranched alkanes of at least 4 members (excludes halogenated alkanes) is 2. The van der Waals surface area contributed by atoms with Gasteiger partial charge in [0.25, 0.3) is 0 Å². The Labute approximate surface area is 157 Å². The minimum absolute atomic E-state index is 0.696. The van der Waals surface area contributed by atoms with E-state index in [1.54, 1.807) is 0 Å². The van der Waals surface area contributed by atoms with E-state index >= 15 is 0 Å². The molecule has 3 aromatic carbocycles. The molecule has 134 valence electrons. The largest absolute Gasteiger partial charge is 0.494 e. The lowest BCUT2D eigenvalue weighted by Crippen LogP contribution is -1.93. The molecule has 0 aromatic heterocycles. The smallest absolute Gasteiger partial charge is 0.119 e. The van der Waals surface area contributed by atoms with E-state index in [1.165, 1.54) is 47.1 Å². The van der Waals surface area contributed by atoms with Gasteiger partial charge >= 0.3 is 0 Å². The zero-order chi connectivity index (χ0) is 18.2. The highest BCUT2D eigenvalue weighted by molar-refractivity contribution is 5.84. The average Bonchev–Trinajstić information content (AvgIpc) is 2.70. The van der Waals surface area contributed by atoms with Gasteiger partial charge in [-0.1, -0.05) is 80.4 Å². The first-order valence-corrected chi connectivity index (χ1v) is 9.74. The quantitative estimate of drug-likeness (QED) is 0.394. The summed E-state index contributed by atoms with van der Waals surface area (Å²) < 4.78 is 5.59. The molecule has 0 saturated heterocycles. The standard InChI is InChI=1S/C25H28O/c1-3-5-6-11-20-12-7-8-13-23(20)25-15-10-9-14-24(25)21-16-18-22(19-17-21)26-4-2/h7-10,12-19H,3-6,11H2,1-2H3. The normalized spacial score (nSPS) is 10.7. The summed E-state index contributed by atoms with van der Waals surface area (Å²) in [5, 5.41) is 0. The average molecular weight is 344 g/mol. The molecule has 0 saturated carbocycles. The van der Waals surface area contributed by atoms with Crippen molar-refractivity contribution in [3.63, 3.8) is 0 Å². The van der Waals surface area contributed by atoms with Crippen LogP contribution >= 0.6 is 0 Å². The fourth-order valence-electron chi connectivity index (χ4n) is 3.43. The summed E-state index contributed by atoms with van der Waals surface area (Å²) >= 11 is 0. The van der Waals surface area contributed by atoms with Gasteiger partial charge in [0.1, 0.15) is 5.75 Å². The van der Waals surface area contributed by atoms with Crippen LogP contribution in [0.25, 0.3) is 22.3 Å². The number of aryl methyl sites for hydroxylation is 1. The van der Waals surface area contributed by atoms with Crippen LogP contribution in [0, 0.1) is 0 Å². The topological polar surface area (TPSA) is 9.23 Å². The molecule has 1 heteroatoms. The summed E-state index contributed by atoms with van der Waals surface area (Å²) in [4.78, 5) is 0. The molecule has 0 aliphatic carbocycles. The van der Waals surface area contributed by atoms with Crippen molar-refractivity contribution in [3.8, 4) is 28.0 Å². The second-order valence-corrected chi connectivity index (χ2v) is 6.62. The van der Waals surface area contributed by atoms with E-state index in [4.69, 9.17) is 4.74 Å². The Morgan fingerprint density at radius 1 is 0.654 bits per heavy atom. The van der Waals surface area contributed by atoms with Gasteiger partial charge in [0, 0.05) is 0 Å².